The molecular formula is C27H31N3O4S. The van der Waals surface area contributed by atoms with Crippen LogP contribution in [0, 0.1) is 0 Å². The first-order chi connectivity index (χ1) is 16.9. The largest absolute Gasteiger partial charge is 0.379 e. The number of morpholine rings is 1. The van der Waals surface area contributed by atoms with E-state index < -0.39 is 10.0 Å². The molecule has 2 fully saturated rings. The van der Waals surface area contributed by atoms with Crippen LogP contribution in [0.3, 0.4) is 0 Å². The van der Waals surface area contributed by atoms with E-state index in [-0.39, 0.29) is 10.8 Å². The maximum atomic E-state index is 13.9. The Balaban J connectivity index is 1.54. The fourth-order valence-corrected chi connectivity index (χ4v) is 6.31. The summed E-state index contributed by atoms with van der Waals surface area (Å²) in [6.07, 6.45) is 3.28. The smallest absolute Gasteiger partial charge is 0.260 e. The molecule has 8 heteroatoms. The number of ether oxygens (including phenoxy) is 1. The third kappa shape index (κ3) is 4.78. The number of anilines is 2. The molecule has 2 aliphatic rings. The minimum absolute atomic E-state index is 0.149. The molecule has 0 bridgehead atoms. The molecule has 2 saturated heterocycles. The molecule has 184 valence electrons. The van der Waals surface area contributed by atoms with E-state index in [1.165, 1.54) is 10.7 Å². The van der Waals surface area contributed by atoms with E-state index in [9.17, 15) is 13.2 Å². The van der Waals surface area contributed by atoms with E-state index in [1.54, 1.807) is 30.1 Å². The average Bonchev–Trinajstić information content (AvgIpc) is 2.92. The molecule has 35 heavy (non-hydrogen) atoms. The first-order valence-corrected chi connectivity index (χ1v) is 13.6. The number of hydrogen-bond donors (Lipinski definition) is 0. The summed E-state index contributed by atoms with van der Waals surface area (Å²) in [4.78, 5) is 17.8. The van der Waals surface area contributed by atoms with E-state index >= 15 is 0 Å². The van der Waals surface area contributed by atoms with Crippen LogP contribution < -0.4 is 9.80 Å². The lowest BCUT2D eigenvalue weighted by Gasteiger charge is -2.32. The Kier molecular flexibility index (Phi) is 6.77. The normalized spacial score (nSPS) is 17.5. The molecule has 0 saturated carbocycles. The number of sulfonamides is 1. The number of benzene rings is 3. The first kappa shape index (κ1) is 23.8. The third-order valence-electron chi connectivity index (χ3n) is 6.93. The third-order valence-corrected chi connectivity index (χ3v) is 8.82. The molecule has 0 spiro atoms. The summed E-state index contributed by atoms with van der Waals surface area (Å²) in [6.45, 7) is 3.10. The van der Waals surface area contributed by atoms with Crippen molar-refractivity contribution < 1.29 is 17.9 Å². The fraction of sp³-hybridized carbons (Fsp3) is 0.370. The average molecular weight is 494 g/mol. The Morgan fingerprint density at radius 2 is 1.57 bits per heavy atom. The molecular weight excluding hydrogens is 462 g/mol. The Morgan fingerprint density at radius 1 is 0.857 bits per heavy atom. The molecule has 5 rings (SSSR count). The van der Waals surface area contributed by atoms with Gasteiger partial charge in [-0.05, 0) is 60.4 Å². The second kappa shape index (κ2) is 9.97. The number of hydrogen-bond acceptors (Lipinski definition) is 5. The second-order valence-corrected chi connectivity index (χ2v) is 11.1. The Bertz CT molecular complexity index is 1330. The molecule has 7 nitrogen and oxygen atoms in total. The lowest BCUT2D eigenvalue weighted by molar-refractivity contribution is 0.0730. The number of piperidine rings is 1. The van der Waals surface area contributed by atoms with Crippen LogP contribution in [0.5, 0.6) is 0 Å². The van der Waals surface area contributed by atoms with Crippen LogP contribution in [0.15, 0.2) is 65.6 Å². The summed E-state index contributed by atoms with van der Waals surface area (Å²) < 4.78 is 33.5. The van der Waals surface area contributed by atoms with Crippen molar-refractivity contribution in [3.63, 3.8) is 0 Å². The number of nitrogens with zero attached hydrogens (tertiary/aromatic N) is 3. The lowest BCUT2D eigenvalue weighted by Crippen LogP contribution is -2.40. The van der Waals surface area contributed by atoms with Crippen LogP contribution in [0.1, 0.15) is 29.6 Å². The van der Waals surface area contributed by atoms with Gasteiger partial charge in [-0.2, -0.15) is 4.31 Å². The molecule has 3 aromatic carbocycles. The molecule has 0 atom stereocenters. The van der Waals surface area contributed by atoms with Crippen molar-refractivity contribution in [1.29, 1.82) is 0 Å². The van der Waals surface area contributed by atoms with Gasteiger partial charge in [-0.25, -0.2) is 8.42 Å². The van der Waals surface area contributed by atoms with Crippen molar-refractivity contribution >= 4 is 38.1 Å². The van der Waals surface area contributed by atoms with Crippen molar-refractivity contribution in [2.45, 2.75) is 24.2 Å². The van der Waals surface area contributed by atoms with E-state index in [4.69, 9.17) is 4.74 Å². The van der Waals surface area contributed by atoms with Gasteiger partial charge in [-0.15, -0.1) is 0 Å². The Labute approximate surface area is 206 Å². The van der Waals surface area contributed by atoms with E-state index in [2.05, 4.69) is 4.90 Å². The highest BCUT2D eigenvalue weighted by Crippen LogP contribution is 2.31. The number of carbonyl (C=O) groups excluding carboxylic acids is 1. The maximum Gasteiger partial charge on any atom is 0.260 e. The SMILES string of the molecule is CN(C(=O)c1cc(S(=O)(=O)N2CCOCC2)ccc1N1CCCCC1)c1ccc2ccccc2c1. The maximum absolute atomic E-state index is 13.9. The molecule has 0 unspecified atom stereocenters. The van der Waals surface area contributed by atoms with Crippen LogP contribution in [-0.2, 0) is 14.8 Å². The van der Waals surface area contributed by atoms with Gasteiger partial charge in [0.05, 0.1) is 23.7 Å². The van der Waals surface area contributed by atoms with E-state index in [0.29, 0.717) is 31.9 Å². The standard InChI is InChI=1S/C27H31N3O4S/c1-28(23-10-9-21-7-3-4-8-22(21)19-23)27(31)25-20-24(35(32,33)30-15-17-34-18-16-30)11-12-26(25)29-13-5-2-6-14-29/h3-4,7-12,19-20H,2,5-6,13-18H2,1H3. The van der Waals surface area contributed by atoms with Gasteiger partial charge in [0.1, 0.15) is 0 Å². The van der Waals surface area contributed by atoms with Gasteiger partial charge in [0, 0.05) is 44.6 Å². The quantitative estimate of drug-likeness (QED) is 0.535. The van der Waals surface area contributed by atoms with Crippen LogP contribution in [0.4, 0.5) is 11.4 Å². The summed E-state index contributed by atoms with van der Waals surface area (Å²) in [5.74, 6) is -0.222. The van der Waals surface area contributed by atoms with Crippen LogP contribution in [-0.4, -0.2) is 65.1 Å². The zero-order chi connectivity index (χ0) is 24.4. The number of amides is 1. The van der Waals surface area contributed by atoms with Gasteiger partial charge < -0.3 is 14.5 Å². The fourth-order valence-electron chi connectivity index (χ4n) is 4.88. The van der Waals surface area contributed by atoms with Crippen LogP contribution in [0.25, 0.3) is 10.8 Å². The number of rotatable bonds is 5. The molecule has 0 N–H and O–H groups in total. The summed E-state index contributed by atoms with van der Waals surface area (Å²) >= 11 is 0. The highest BCUT2D eigenvalue weighted by molar-refractivity contribution is 7.89. The predicted molar refractivity (Wildman–Crippen MR) is 139 cm³/mol. The van der Waals surface area contributed by atoms with Crippen LogP contribution in [0.2, 0.25) is 0 Å². The van der Waals surface area contributed by atoms with Gasteiger partial charge in [0.2, 0.25) is 10.0 Å². The summed E-state index contributed by atoms with van der Waals surface area (Å²) in [7, 11) is -1.98. The predicted octanol–water partition coefficient (Wildman–Crippen LogP) is 4.13. The summed E-state index contributed by atoms with van der Waals surface area (Å²) in [5, 5.41) is 2.15. The van der Waals surface area contributed by atoms with Crippen molar-refractivity contribution in [2.75, 3.05) is 56.2 Å². The molecule has 0 aliphatic carbocycles. The molecule has 0 aromatic heterocycles. The first-order valence-electron chi connectivity index (χ1n) is 12.2. The second-order valence-electron chi connectivity index (χ2n) is 9.14. The molecule has 2 heterocycles. The highest BCUT2D eigenvalue weighted by atomic mass is 32.2. The van der Waals surface area contributed by atoms with Crippen LogP contribution >= 0.6 is 0 Å². The Hall–Kier alpha value is -2.94. The topological polar surface area (TPSA) is 70.2 Å². The van der Waals surface area contributed by atoms with Crippen molar-refractivity contribution in [3.8, 4) is 0 Å². The number of fused-ring (bicyclic) bond motifs is 1. The molecule has 1 amide bonds. The van der Waals surface area contributed by atoms with Crippen molar-refractivity contribution in [1.82, 2.24) is 4.31 Å². The minimum Gasteiger partial charge on any atom is -0.379 e. The molecule has 3 aromatic rings. The zero-order valence-corrected chi connectivity index (χ0v) is 20.8. The summed E-state index contributed by atoms with van der Waals surface area (Å²) in [5.41, 5.74) is 1.97. The summed E-state index contributed by atoms with van der Waals surface area (Å²) in [6, 6.07) is 18.9. The Morgan fingerprint density at radius 3 is 2.31 bits per heavy atom. The van der Waals surface area contributed by atoms with Crippen molar-refractivity contribution in [3.05, 3.63) is 66.2 Å². The van der Waals surface area contributed by atoms with E-state index in [0.717, 1.165) is 48.1 Å². The van der Waals surface area contributed by atoms with Gasteiger partial charge in [-0.1, -0.05) is 30.3 Å². The highest BCUT2D eigenvalue weighted by Gasteiger charge is 2.29. The minimum atomic E-state index is -3.72. The molecule has 2 aliphatic heterocycles. The number of carbonyl (C=O) groups is 1. The van der Waals surface area contributed by atoms with Gasteiger partial charge >= 0.3 is 0 Å². The van der Waals surface area contributed by atoms with Gasteiger partial charge in [-0.3, -0.25) is 4.79 Å². The zero-order valence-electron chi connectivity index (χ0n) is 20.0. The van der Waals surface area contributed by atoms with Gasteiger partial charge in [0.15, 0.2) is 0 Å². The molecule has 0 radical (unpaired) electrons. The van der Waals surface area contributed by atoms with Crippen molar-refractivity contribution in [2.24, 2.45) is 0 Å². The van der Waals surface area contributed by atoms with Gasteiger partial charge in [0.25, 0.3) is 5.91 Å². The van der Waals surface area contributed by atoms with E-state index in [1.807, 2.05) is 42.5 Å². The monoisotopic (exact) mass is 493 g/mol. The lowest BCUT2D eigenvalue weighted by atomic mass is 10.1.